The van der Waals surface area contributed by atoms with Gasteiger partial charge in [-0.3, -0.25) is 4.98 Å². The van der Waals surface area contributed by atoms with E-state index in [9.17, 15) is 0 Å². The molecule has 0 unspecified atom stereocenters. The molecule has 0 aliphatic rings. The van der Waals surface area contributed by atoms with Crippen LogP contribution in [-0.2, 0) is 0 Å². The minimum absolute atomic E-state index is 0.789. The minimum atomic E-state index is 0.789. The molecule has 3 rings (SSSR count). The van der Waals surface area contributed by atoms with Crippen molar-refractivity contribution in [2.24, 2.45) is 0 Å². The molecule has 2 heterocycles. The van der Waals surface area contributed by atoms with E-state index in [1.54, 1.807) is 25.8 Å². The van der Waals surface area contributed by atoms with Crippen LogP contribution in [0.25, 0.3) is 16.6 Å². The fourth-order valence-electron chi connectivity index (χ4n) is 1.92. The summed E-state index contributed by atoms with van der Waals surface area (Å²) in [5.41, 5.74) is 1.94. The van der Waals surface area contributed by atoms with Crippen molar-refractivity contribution in [3.8, 4) is 11.4 Å². The number of halogens is 1. The van der Waals surface area contributed by atoms with E-state index < -0.39 is 0 Å². The van der Waals surface area contributed by atoms with Crippen LogP contribution < -0.4 is 4.74 Å². The van der Waals surface area contributed by atoms with Crippen molar-refractivity contribution < 1.29 is 4.74 Å². The van der Waals surface area contributed by atoms with E-state index in [0.29, 0.717) is 0 Å². The Morgan fingerprint density at radius 3 is 2.89 bits per heavy atom. The second-order valence-corrected chi connectivity index (χ2v) is 4.66. The Bertz CT molecular complexity index is 695. The van der Waals surface area contributed by atoms with Crippen molar-refractivity contribution in [2.75, 3.05) is 7.11 Å². The van der Waals surface area contributed by atoms with E-state index in [0.717, 1.165) is 26.8 Å². The fraction of sp³-hybridized carbons (Fsp3) is 0.0769. The number of hydrogen-bond donors (Lipinski definition) is 0. The number of rotatable bonds is 2. The van der Waals surface area contributed by atoms with E-state index in [1.807, 2.05) is 29.0 Å². The number of pyridine rings is 1. The highest BCUT2D eigenvalue weighted by Crippen LogP contribution is 2.31. The van der Waals surface area contributed by atoms with Crippen LogP contribution in [0.5, 0.6) is 5.75 Å². The zero-order chi connectivity index (χ0) is 12.5. The molecule has 3 aromatic rings. The van der Waals surface area contributed by atoms with Crippen molar-refractivity contribution in [2.45, 2.75) is 0 Å². The minimum Gasteiger partial charge on any atom is -0.496 e. The van der Waals surface area contributed by atoms with Crippen molar-refractivity contribution in [3.63, 3.8) is 0 Å². The highest BCUT2D eigenvalue weighted by atomic mass is 79.9. The Balaban J connectivity index is 2.33. The van der Waals surface area contributed by atoms with E-state index in [2.05, 4.69) is 25.9 Å². The molecule has 2 aromatic heterocycles. The molecule has 0 atom stereocenters. The number of fused-ring (bicyclic) bond motifs is 1. The Morgan fingerprint density at radius 2 is 2.17 bits per heavy atom. The van der Waals surface area contributed by atoms with Gasteiger partial charge < -0.3 is 9.30 Å². The van der Waals surface area contributed by atoms with Gasteiger partial charge in [-0.15, -0.1) is 0 Å². The third kappa shape index (κ3) is 1.76. The quantitative estimate of drug-likeness (QED) is 0.730. The third-order valence-electron chi connectivity index (χ3n) is 2.77. The molecule has 0 N–H and O–H groups in total. The monoisotopic (exact) mass is 303 g/mol. The van der Waals surface area contributed by atoms with Gasteiger partial charge in [0.05, 0.1) is 29.1 Å². The predicted octanol–water partition coefficient (Wildman–Crippen LogP) is 3.19. The van der Waals surface area contributed by atoms with Crippen LogP contribution in [0.15, 0.2) is 47.6 Å². The first-order chi connectivity index (χ1) is 8.79. The number of ether oxygens (including phenoxy) is 1. The first-order valence-electron chi connectivity index (χ1n) is 5.40. The number of nitrogens with zero attached hydrogens (tertiary/aromatic N) is 3. The van der Waals surface area contributed by atoms with Gasteiger partial charge in [-0.05, 0) is 34.1 Å². The maximum Gasteiger partial charge on any atom is 0.133 e. The average molecular weight is 304 g/mol. The number of imidazole rings is 1. The lowest BCUT2D eigenvalue weighted by molar-refractivity contribution is 0.413. The predicted molar refractivity (Wildman–Crippen MR) is 73.1 cm³/mol. The van der Waals surface area contributed by atoms with Gasteiger partial charge in [0.25, 0.3) is 0 Å². The lowest BCUT2D eigenvalue weighted by Crippen LogP contribution is -1.94. The molecule has 1 aromatic carbocycles. The number of methoxy groups -OCH3 is 1. The number of aromatic nitrogens is 3. The van der Waals surface area contributed by atoms with Crippen molar-refractivity contribution >= 4 is 26.8 Å². The van der Waals surface area contributed by atoms with Gasteiger partial charge in [0, 0.05) is 24.0 Å². The van der Waals surface area contributed by atoms with Crippen LogP contribution in [-0.4, -0.2) is 21.6 Å². The summed E-state index contributed by atoms with van der Waals surface area (Å²) in [4.78, 5) is 8.44. The highest BCUT2D eigenvalue weighted by molar-refractivity contribution is 9.10. The van der Waals surface area contributed by atoms with Crippen LogP contribution in [0, 0.1) is 0 Å². The zero-order valence-corrected chi connectivity index (χ0v) is 11.3. The van der Waals surface area contributed by atoms with Crippen LogP contribution in [0.1, 0.15) is 0 Å². The second kappa shape index (κ2) is 4.42. The summed E-state index contributed by atoms with van der Waals surface area (Å²) in [6, 6.07) is 5.88. The van der Waals surface area contributed by atoms with Crippen LogP contribution >= 0.6 is 15.9 Å². The summed E-state index contributed by atoms with van der Waals surface area (Å²) in [6.45, 7) is 0. The first kappa shape index (κ1) is 11.2. The second-order valence-electron chi connectivity index (χ2n) is 3.80. The van der Waals surface area contributed by atoms with Gasteiger partial charge in [-0.1, -0.05) is 0 Å². The highest BCUT2D eigenvalue weighted by Gasteiger charge is 2.08. The Hall–Kier alpha value is -1.88. The Kier molecular flexibility index (Phi) is 2.76. The molecule has 0 saturated heterocycles. The van der Waals surface area contributed by atoms with Crippen molar-refractivity contribution in [3.05, 3.63) is 47.6 Å². The molecule has 0 fully saturated rings. The Morgan fingerprint density at radius 1 is 1.28 bits per heavy atom. The van der Waals surface area contributed by atoms with Gasteiger partial charge >= 0.3 is 0 Å². The fourth-order valence-corrected chi connectivity index (χ4v) is 2.41. The van der Waals surface area contributed by atoms with E-state index in [-0.39, 0.29) is 0 Å². The van der Waals surface area contributed by atoms with Crippen molar-refractivity contribution in [1.29, 1.82) is 0 Å². The van der Waals surface area contributed by atoms with Crippen LogP contribution in [0.2, 0.25) is 0 Å². The molecule has 4 nitrogen and oxygen atoms in total. The number of benzene rings is 1. The van der Waals surface area contributed by atoms with Crippen LogP contribution in [0.4, 0.5) is 0 Å². The van der Waals surface area contributed by atoms with Crippen LogP contribution in [0.3, 0.4) is 0 Å². The molecule has 0 aliphatic heterocycles. The molecule has 0 amide bonds. The molecule has 90 valence electrons. The summed E-state index contributed by atoms with van der Waals surface area (Å²) < 4.78 is 8.18. The van der Waals surface area contributed by atoms with Gasteiger partial charge in [0.15, 0.2) is 0 Å². The van der Waals surface area contributed by atoms with Gasteiger partial charge in [-0.2, -0.15) is 0 Å². The normalized spacial score (nSPS) is 10.8. The van der Waals surface area contributed by atoms with Gasteiger partial charge in [0.1, 0.15) is 5.75 Å². The molecule has 18 heavy (non-hydrogen) atoms. The summed E-state index contributed by atoms with van der Waals surface area (Å²) in [6.07, 6.45) is 7.21. The first-order valence-corrected chi connectivity index (χ1v) is 6.19. The third-order valence-corrected chi connectivity index (χ3v) is 3.39. The van der Waals surface area contributed by atoms with Gasteiger partial charge in [0.2, 0.25) is 0 Å². The number of hydrogen-bond acceptors (Lipinski definition) is 3. The largest absolute Gasteiger partial charge is 0.496 e. The molecule has 0 radical (unpaired) electrons. The SMILES string of the molecule is COc1cc2c(-n3ccnc3)ccnc2cc1Br. The molecule has 0 saturated carbocycles. The molecule has 0 aliphatic carbocycles. The lowest BCUT2D eigenvalue weighted by Gasteiger charge is -2.09. The maximum atomic E-state index is 5.33. The molecular formula is C13H10BrN3O. The van der Waals surface area contributed by atoms with E-state index >= 15 is 0 Å². The summed E-state index contributed by atoms with van der Waals surface area (Å²) in [5.74, 6) is 0.789. The van der Waals surface area contributed by atoms with E-state index in [1.165, 1.54) is 0 Å². The maximum absolute atomic E-state index is 5.33. The standard InChI is InChI=1S/C13H10BrN3O/c1-18-13-6-9-11(7-10(13)14)16-3-2-12(9)17-5-4-15-8-17/h2-8H,1H3. The molecule has 0 spiro atoms. The summed E-state index contributed by atoms with van der Waals surface area (Å²) in [5, 5.41) is 1.02. The zero-order valence-electron chi connectivity index (χ0n) is 9.67. The summed E-state index contributed by atoms with van der Waals surface area (Å²) >= 11 is 3.47. The molecule has 0 bridgehead atoms. The smallest absolute Gasteiger partial charge is 0.133 e. The molecular weight excluding hydrogens is 294 g/mol. The van der Waals surface area contributed by atoms with Gasteiger partial charge in [-0.25, -0.2) is 4.98 Å². The lowest BCUT2D eigenvalue weighted by atomic mass is 10.2. The topological polar surface area (TPSA) is 39.9 Å². The van der Waals surface area contributed by atoms with Crippen molar-refractivity contribution in [1.82, 2.24) is 14.5 Å². The van der Waals surface area contributed by atoms with E-state index in [4.69, 9.17) is 4.74 Å². The average Bonchev–Trinajstić information content (AvgIpc) is 2.90. The summed E-state index contributed by atoms with van der Waals surface area (Å²) in [7, 11) is 1.65. The Labute approximate surface area is 112 Å². The molecule has 5 heteroatoms.